The third-order valence-corrected chi connectivity index (χ3v) is 7.23. The Morgan fingerprint density at radius 3 is 2.39 bits per heavy atom. The summed E-state index contributed by atoms with van der Waals surface area (Å²) in [5.41, 5.74) is 4.82. The number of amides is 1. The maximum atomic E-state index is 13.7. The van der Waals surface area contributed by atoms with Gasteiger partial charge in [-0.15, -0.1) is 0 Å². The van der Waals surface area contributed by atoms with Crippen molar-refractivity contribution in [2.75, 3.05) is 10.2 Å². The summed E-state index contributed by atoms with van der Waals surface area (Å²) in [6, 6.07) is 24.7. The Bertz CT molecular complexity index is 1380. The van der Waals surface area contributed by atoms with Gasteiger partial charge in [-0.3, -0.25) is 9.48 Å². The van der Waals surface area contributed by atoms with Crippen molar-refractivity contribution in [2.24, 2.45) is 7.05 Å². The standard InChI is InChI=1S/C31H32N6O/c1-36-22-26(21-34-36)25-9-13-28(14-10-25)37(31(38)18-8-23-5-3-2-4-6-23)29-15-11-27(12-16-29)35-30-17-7-24(19-32)20-33-30/h2-7,9-10,13-14,17,20-22,27,29H,8,11-12,15-16,18H2,1H3,(H,33,35)/t27-,29-. The van der Waals surface area contributed by atoms with E-state index in [0.29, 0.717) is 18.0 Å². The number of nitriles is 1. The lowest BCUT2D eigenvalue weighted by Crippen LogP contribution is -2.44. The summed E-state index contributed by atoms with van der Waals surface area (Å²) in [7, 11) is 1.91. The fraction of sp³-hybridized carbons (Fsp3) is 0.290. The first-order valence-electron chi connectivity index (χ1n) is 13.2. The number of aryl methyl sites for hydroxylation is 2. The molecule has 1 fully saturated rings. The Morgan fingerprint density at radius 2 is 1.76 bits per heavy atom. The maximum absolute atomic E-state index is 13.7. The smallest absolute Gasteiger partial charge is 0.227 e. The molecule has 0 radical (unpaired) electrons. The molecule has 7 nitrogen and oxygen atoms in total. The van der Waals surface area contributed by atoms with Crippen molar-refractivity contribution in [3.63, 3.8) is 0 Å². The molecule has 38 heavy (non-hydrogen) atoms. The second-order valence-corrected chi connectivity index (χ2v) is 9.89. The molecule has 7 heteroatoms. The SMILES string of the molecule is Cn1cc(-c2ccc(N(C(=O)CCc3ccccc3)[C@H]3CC[C@H](Nc4ccc(C#N)cn4)CC3)cc2)cn1. The second kappa shape index (κ2) is 11.7. The maximum Gasteiger partial charge on any atom is 0.227 e. The van der Waals surface area contributed by atoms with E-state index in [1.165, 1.54) is 5.56 Å². The molecule has 1 aliphatic carbocycles. The second-order valence-electron chi connectivity index (χ2n) is 9.89. The quantitative estimate of drug-likeness (QED) is 0.331. The fourth-order valence-electron chi connectivity index (χ4n) is 5.19. The van der Waals surface area contributed by atoms with E-state index < -0.39 is 0 Å². The highest BCUT2D eigenvalue weighted by atomic mass is 16.2. The van der Waals surface area contributed by atoms with Crippen LogP contribution in [0.15, 0.2) is 85.3 Å². The van der Waals surface area contributed by atoms with Crippen molar-refractivity contribution in [1.29, 1.82) is 5.26 Å². The normalized spacial score (nSPS) is 16.9. The topological polar surface area (TPSA) is 86.8 Å². The van der Waals surface area contributed by atoms with Crippen LogP contribution in [0.3, 0.4) is 0 Å². The molecule has 2 aromatic carbocycles. The highest BCUT2D eigenvalue weighted by Gasteiger charge is 2.30. The van der Waals surface area contributed by atoms with Crippen LogP contribution in [0.4, 0.5) is 11.5 Å². The predicted molar refractivity (Wildman–Crippen MR) is 150 cm³/mol. The first-order chi connectivity index (χ1) is 18.6. The number of rotatable bonds is 8. The molecule has 0 saturated heterocycles. The largest absolute Gasteiger partial charge is 0.367 e. The number of pyridine rings is 1. The van der Waals surface area contributed by atoms with Crippen LogP contribution in [-0.2, 0) is 18.3 Å². The van der Waals surface area contributed by atoms with E-state index in [9.17, 15) is 4.79 Å². The van der Waals surface area contributed by atoms with E-state index in [2.05, 4.69) is 57.9 Å². The molecule has 1 N–H and O–H groups in total. The van der Waals surface area contributed by atoms with Gasteiger partial charge in [0.05, 0.1) is 11.8 Å². The zero-order valence-corrected chi connectivity index (χ0v) is 21.6. The lowest BCUT2D eigenvalue weighted by molar-refractivity contribution is -0.119. The van der Waals surface area contributed by atoms with Crippen LogP contribution in [0.5, 0.6) is 0 Å². The Hall–Kier alpha value is -4.44. The summed E-state index contributed by atoms with van der Waals surface area (Å²) in [6.07, 6.45) is 10.4. The summed E-state index contributed by atoms with van der Waals surface area (Å²) >= 11 is 0. The van der Waals surface area contributed by atoms with Crippen LogP contribution in [-0.4, -0.2) is 32.8 Å². The fourth-order valence-corrected chi connectivity index (χ4v) is 5.19. The van der Waals surface area contributed by atoms with Gasteiger partial charge in [0.1, 0.15) is 11.9 Å². The van der Waals surface area contributed by atoms with Crippen molar-refractivity contribution in [3.8, 4) is 17.2 Å². The number of hydrogen-bond acceptors (Lipinski definition) is 5. The first kappa shape index (κ1) is 25.2. The summed E-state index contributed by atoms with van der Waals surface area (Å²) in [5, 5.41) is 16.8. The van der Waals surface area contributed by atoms with Crippen molar-refractivity contribution in [2.45, 2.75) is 50.6 Å². The number of hydrogen-bond donors (Lipinski definition) is 1. The molecule has 0 atom stereocenters. The summed E-state index contributed by atoms with van der Waals surface area (Å²) in [5.74, 6) is 0.947. The van der Waals surface area contributed by atoms with Crippen molar-refractivity contribution >= 4 is 17.4 Å². The molecule has 1 amide bonds. The Morgan fingerprint density at radius 1 is 1.00 bits per heavy atom. The molecule has 0 bridgehead atoms. The minimum atomic E-state index is 0.148. The number of anilines is 2. The summed E-state index contributed by atoms with van der Waals surface area (Å²) in [4.78, 5) is 20.1. The Kier molecular flexibility index (Phi) is 7.79. The third-order valence-electron chi connectivity index (χ3n) is 7.23. The van der Waals surface area contributed by atoms with Crippen LogP contribution in [0.2, 0.25) is 0 Å². The van der Waals surface area contributed by atoms with Crippen LogP contribution in [0.1, 0.15) is 43.2 Å². The molecular weight excluding hydrogens is 472 g/mol. The van der Waals surface area contributed by atoms with Gasteiger partial charge in [0.15, 0.2) is 0 Å². The van der Waals surface area contributed by atoms with Gasteiger partial charge in [0.25, 0.3) is 0 Å². The van der Waals surface area contributed by atoms with Crippen LogP contribution in [0.25, 0.3) is 11.1 Å². The highest BCUT2D eigenvalue weighted by molar-refractivity contribution is 5.94. The average molecular weight is 505 g/mol. The first-order valence-corrected chi connectivity index (χ1v) is 13.2. The molecular formula is C31H32N6O. The van der Waals surface area contributed by atoms with Crippen LogP contribution >= 0.6 is 0 Å². The molecule has 1 saturated carbocycles. The third kappa shape index (κ3) is 6.09. The van der Waals surface area contributed by atoms with Gasteiger partial charge in [-0.05, 0) is 67.5 Å². The van der Waals surface area contributed by atoms with Gasteiger partial charge in [-0.1, -0.05) is 42.5 Å². The van der Waals surface area contributed by atoms with E-state index in [-0.39, 0.29) is 11.9 Å². The predicted octanol–water partition coefficient (Wildman–Crippen LogP) is 5.74. The van der Waals surface area contributed by atoms with Gasteiger partial charge in [-0.2, -0.15) is 10.4 Å². The van der Waals surface area contributed by atoms with Crippen LogP contribution < -0.4 is 10.2 Å². The lowest BCUT2D eigenvalue weighted by Gasteiger charge is -2.37. The zero-order chi connectivity index (χ0) is 26.3. The van der Waals surface area contributed by atoms with E-state index in [4.69, 9.17) is 5.26 Å². The molecule has 5 rings (SSSR count). The van der Waals surface area contributed by atoms with E-state index >= 15 is 0 Å². The van der Waals surface area contributed by atoms with E-state index in [1.54, 1.807) is 16.9 Å². The lowest BCUT2D eigenvalue weighted by atomic mass is 9.89. The van der Waals surface area contributed by atoms with Crippen LogP contribution in [0, 0.1) is 11.3 Å². The van der Waals surface area contributed by atoms with Gasteiger partial charge in [-0.25, -0.2) is 4.98 Å². The Labute approximate surface area is 223 Å². The van der Waals surface area contributed by atoms with Crippen molar-refractivity contribution < 1.29 is 4.79 Å². The number of aromatic nitrogens is 3. The van der Waals surface area contributed by atoms with Crippen molar-refractivity contribution in [1.82, 2.24) is 14.8 Å². The minimum Gasteiger partial charge on any atom is -0.367 e. The van der Waals surface area contributed by atoms with Gasteiger partial charge < -0.3 is 10.2 Å². The Balaban J connectivity index is 1.29. The minimum absolute atomic E-state index is 0.148. The number of benzene rings is 2. The number of nitrogens with zero attached hydrogens (tertiary/aromatic N) is 5. The number of carbonyl (C=O) groups excluding carboxylic acids is 1. The monoisotopic (exact) mass is 504 g/mol. The molecule has 0 unspecified atom stereocenters. The number of nitrogens with one attached hydrogen (secondary N) is 1. The van der Waals surface area contributed by atoms with Gasteiger partial charge >= 0.3 is 0 Å². The molecule has 192 valence electrons. The van der Waals surface area contributed by atoms with Crippen molar-refractivity contribution in [3.05, 3.63) is 96.4 Å². The summed E-state index contributed by atoms with van der Waals surface area (Å²) < 4.78 is 1.79. The van der Waals surface area contributed by atoms with E-state index in [0.717, 1.165) is 54.7 Å². The zero-order valence-electron chi connectivity index (χ0n) is 21.6. The molecule has 4 aromatic rings. The number of carbonyl (C=O) groups is 1. The summed E-state index contributed by atoms with van der Waals surface area (Å²) in [6.45, 7) is 0. The van der Waals surface area contributed by atoms with Gasteiger partial charge in [0, 0.05) is 49.2 Å². The molecule has 0 spiro atoms. The molecule has 2 heterocycles. The molecule has 2 aromatic heterocycles. The highest BCUT2D eigenvalue weighted by Crippen LogP contribution is 2.31. The molecule has 0 aliphatic heterocycles. The van der Waals surface area contributed by atoms with E-state index in [1.807, 2.05) is 48.6 Å². The molecule has 1 aliphatic rings. The average Bonchev–Trinajstić information content (AvgIpc) is 3.40. The van der Waals surface area contributed by atoms with Gasteiger partial charge in [0.2, 0.25) is 5.91 Å².